The Morgan fingerprint density at radius 2 is 2.04 bits per heavy atom. The van der Waals surface area contributed by atoms with Crippen LogP contribution >= 0.6 is 15.9 Å². The lowest BCUT2D eigenvalue weighted by atomic mass is 9.98. The second kappa shape index (κ2) is 7.55. The first-order valence-electron chi connectivity index (χ1n) is 7.19. The van der Waals surface area contributed by atoms with Crippen LogP contribution in [0.4, 0.5) is 0 Å². The number of esters is 1. The van der Waals surface area contributed by atoms with E-state index < -0.39 is 5.41 Å². The number of hydrogen-bond donors (Lipinski definition) is 0. The van der Waals surface area contributed by atoms with E-state index in [2.05, 4.69) is 25.9 Å². The molecule has 0 amide bonds. The molecule has 1 heterocycles. The fourth-order valence-corrected chi connectivity index (χ4v) is 2.21. The summed E-state index contributed by atoms with van der Waals surface area (Å²) >= 11 is 3.45. The SMILES string of the molecule is CC(C)(C)C(=O)OCOc1ccc(Br)cc1Cc1cnccn1. The molecule has 122 valence electrons. The van der Waals surface area contributed by atoms with Gasteiger partial charge >= 0.3 is 5.97 Å². The van der Waals surface area contributed by atoms with Crippen LogP contribution in [0, 0.1) is 5.41 Å². The van der Waals surface area contributed by atoms with Crippen LogP contribution < -0.4 is 4.74 Å². The summed E-state index contributed by atoms with van der Waals surface area (Å²) in [6.07, 6.45) is 5.58. The number of carbonyl (C=O) groups excluding carboxylic acids is 1. The van der Waals surface area contributed by atoms with Crippen molar-refractivity contribution >= 4 is 21.9 Å². The summed E-state index contributed by atoms with van der Waals surface area (Å²) in [5, 5.41) is 0. The Bertz CT molecular complexity index is 669. The smallest absolute Gasteiger partial charge is 0.314 e. The molecule has 0 N–H and O–H groups in total. The lowest BCUT2D eigenvalue weighted by Gasteiger charge is -2.17. The molecule has 0 saturated heterocycles. The highest BCUT2D eigenvalue weighted by Crippen LogP contribution is 2.25. The van der Waals surface area contributed by atoms with Crippen molar-refractivity contribution in [3.63, 3.8) is 0 Å². The summed E-state index contributed by atoms with van der Waals surface area (Å²) in [5.74, 6) is 0.352. The maximum Gasteiger partial charge on any atom is 0.314 e. The van der Waals surface area contributed by atoms with Crippen molar-refractivity contribution in [1.29, 1.82) is 0 Å². The number of carbonyl (C=O) groups is 1. The summed E-state index contributed by atoms with van der Waals surface area (Å²) in [5.41, 5.74) is 1.22. The Hall–Kier alpha value is -1.95. The molecule has 1 aromatic heterocycles. The van der Waals surface area contributed by atoms with Crippen molar-refractivity contribution in [2.75, 3.05) is 6.79 Å². The highest BCUT2D eigenvalue weighted by molar-refractivity contribution is 9.10. The first-order valence-corrected chi connectivity index (χ1v) is 7.99. The lowest BCUT2D eigenvalue weighted by Crippen LogP contribution is -2.24. The van der Waals surface area contributed by atoms with Gasteiger partial charge < -0.3 is 9.47 Å². The van der Waals surface area contributed by atoms with Crippen LogP contribution in [-0.2, 0) is 16.0 Å². The molecule has 5 nitrogen and oxygen atoms in total. The van der Waals surface area contributed by atoms with Gasteiger partial charge in [-0.3, -0.25) is 14.8 Å². The van der Waals surface area contributed by atoms with Crippen molar-refractivity contribution in [3.05, 3.63) is 52.5 Å². The second-order valence-corrected chi connectivity index (χ2v) is 6.99. The first kappa shape index (κ1) is 17.4. The van der Waals surface area contributed by atoms with E-state index in [4.69, 9.17) is 9.47 Å². The van der Waals surface area contributed by atoms with Gasteiger partial charge in [0.15, 0.2) is 0 Å². The zero-order chi connectivity index (χ0) is 16.9. The molecular formula is C17H19BrN2O3. The number of nitrogens with zero attached hydrogens (tertiary/aromatic N) is 2. The molecule has 2 rings (SSSR count). The molecule has 0 bridgehead atoms. The molecule has 0 unspecified atom stereocenters. The fraction of sp³-hybridized carbons (Fsp3) is 0.353. The van der Waals surface area contributed by atoms with Crippen LogP contribution in [0.3, 0.4) is 0 Å². The molecule has 0 fully saturated rings. The highest BCUT2D eigenvalue weighted by Gasteiger charge is 2.23. The van der Waals surface area contributed by atoms with Gasteiger partial charge in [-0.15, -0.1) is 0 Å². The van der Waals surface area contributed by atoms with Gasteiger partial charge in [-0.2, -0.15) is 0 Å². The number of benzene rings is 1. The van der Waals surface area contributed by atoms with Crippen molar-refractivity contribution < 1.29 is 14.3 Å². The van der Waals surface area contributed by atoms with Crippen LogP contribution in [0.2, 0.25) is 0 Å². The lowest BCUT2D eigenvalue weighted by molar-refractivity contribution is -0.159. The van der Waals surface area contributed by atoms with Gasteiger partial charge in [0.05, 0.1) is 11.1 Å². The Morgan fingerprint density at radius 1 is 1.26 bits per heavy atom. The van der Waals surface area contributed by atoms with E-state index in [1.54, 1.807) is 39.4 Å². The Balaban J connectivity index is 2.05. The predicted octanol–water partition coefficient (Wildman–Crippen LogP) is 3.76. The van der Waals surface area contributed by atoms with E-state index in [0.717, 1.165) is 15.7 Å². The summed E-state index contributed by atoms with van der Waals surface area (Å²) in [4.78, 5) is 20.1. The molecule has 0 spiro atoms. The minimum Gasteiger partial charge on any atom is -0.457 e. The van der Waals surface area contributed by atoms with Gasteiger partial charge in [0.1, 0.15) is 5.75 Å². The normalized spacial score (nSPS) is 11.1. The third-order valence-electron chi connectivity index (χ3n) is 3.03. The summed E-state index contributed by atoms with van der Waals surface area (Å²) in [6, 6.07) is 5.66. The average molecular weight is 379 g/mol. The third-order valence-corrected chi connectivity index (χ3v) is 3.52. The molecule has 2 aromatic rings. The molecule has 1 aromatic carbocycles. The molecule has 0 saturated carbocycles. The zero-order valence-electron chi connectivity index (χ0n) is 13.4. The minimum absolute atomic E-state index is 0.120. The van der Waals surface area contributed by atoms with Crippen molar-refractivity contribution in [3.8, 4) is 5.75 Å². The number of ether oxygens (including phenoxy) is 2. The summed E-state index contributed by atoms with van der Waals surface area (Å²) < 4.78 is 11.7. The summed E-state index contributed by atoms with van der Waals surface area (Å²) in [7, 11) is 0. The van der Waals surface area contributed by atoms with Gasteiger partial charge in [-0.05, 0) is 39.0 Å². The number of rotatable bonds is 5. The predicted molar refractivity (Wildman–Crippen MR) is 90.0 cm³/mol. The van der Waals surface area contributed by atoms with Gasteiger partial charge in [-0.25, -0.2) is 0 Å². The monoisotopic (exact) mass is 378 g/mol. The second-order valence-electron chi connectivity index (χ2n) is 6.07. The molecule has 6 heteroatoms. The van der Waals surface area contributed by atoms with E-state index in [1.807, 2.05) is 18.2 Å². The van der Waals surface area contributed by atoms with Crippen LogP contribution in [0.5, 0.6) is 5.75 Å². The van der Waals surface area contributed by atoms with Gasteiger partial charge in [0.2, 0.25) is 6.79 Å². The highest BCUT2D eigenvalue weighted by atomic mass is 79.9. The Morgan fingerprint density at radius 3 is 2.70 bits per heavy atom. The van der Waals surface area contributed by atoms with E-state index >= 15 is 0 Å². The van der Waals surface area contributed by atoms with Gasteiger partial charge in [-0.1, -0.05) is 15.9 Å². The van der Waals surface area contributed by atoms with E-state index in [-0.39, 0.29) is 12.8 Å². The first-order chi connectivity index (χ1) is 10.9. The maximum absolute atomic E-state index is 11.8. The minimum atomic E-state index is -0.550. The van der Waals surface area contributed by atoms with E-state index in [9.17, 15) is 4.79 Å². The van der Waals surface area contributed by atoms with E-state index in [0.29, 0.717) is 12.2 Å². The molecule has 23 heavy (non-hydrogen) atoms. The fourth-order valence-electron chi connectivity index (χ4n) is 1.81. The number of aromatic nitrogens is 2. The quantitative estimate of drug-likeness (QED) is 0.585. The van der Waals surface area contributed by atoms with Crippen molar-refractivity contribution in [2.45, 2.75) is 27.2 Å². The Kier molecular flexibility index (Phi) is 5.71. The topological polar surface area (TPSA) is 61.3 Å². The van der Waals surface area contributed by atoms with Crippen LogP contribution in [0.15, 0.2) is 41.3 Å². The average Bonchev–Trinajstić information content (AvgIpc) is 2.49. The Labute approximate surface area is 144 Å². The molecule has 0 aliphatic heterocycles. The standard InChI is InChI=1S/C17H19BrN2O3/c1-17(2,3)16(21)23-11-22-15-5-4-13(18)8-12(15)9-14-10-19-6-7-20-14/h4-8,10H,9,11H2,1-3H3. The van der Waals surface area contributed by atoms with Gasteiger partial charge in [0, 0.05) is 35.0 Å². The van der Waals surface area contributed by atoms with E-state index in [1.165, 1.54) is 0 Å². The van der Waals surface area contributed by atoms with Crippen molar-refractivity contribution in [2.24, 2.45) is 5.41 Å². The molecule has 0 atom stereocenters. The molecular weight excluding hydrogens is 360 g/mol. The zero-order valence-corrected chi connectivity index (χ0v) is 15.0. The summed E-state index contributed by atoms with van der Waals surface area (Å²) in [6.45, 7) is 5.28. The molecule has 0 aliphatic carbocycles. The maximum atomic E-state index is 11.8. The van der Waals surface area contributed by atoms with Gasteiger partial charge in [0.25, 0.3) is 0 Å². The van der Waals surface area contributed by atoms with Crippen LogP contribution in [0.25, 0.3) is 0 Å². The third kappa shape index (κ3) is 5.32. The number of hydrogen-bond acceptors (Lipinski definition) is 5. The van der Waals surface area contributed by atoms with Crippen LogP contribution in [0.1, 0.15) is 32.0 Å². The van der Waals surface area contributed by atoms with Crippen LogP contribution in [-0.4, -0.2) is 22.7 Å². The molecule has 0 aliphatic rings. The largest absolute Gasteiger partial charge is 0.457 e. The molecule has 0 radical (unpaired) electrons. The van der Waals surface area contributed by atoms with Crippen molar-refractivity contribution in [1.82, 2.24) is 9.97 Å². The number of halogens is 1.